The molecule has 3 nitrogen and oxygen atoms in total. The lowest BCUT2D eigenvalue weighted by molar-refractivity contribution is 0.182. The highest BCUT2D eigenvalue weighted by molar-refractivity contribution is 7.80. The molecule has 0 fully saturated rings. The van der Waals surface area contributed by atoms with E-state index in [0.29, 0.717) is 22.1 Å². The predicted octanol–water partition coefficient (Wildman–Crippen LogP) is 3.50. The maximum Gasteiger partial charge on any atom is 0.104 e. The molecule has 5 heteroatoms. The number of hydrogen-bond donors (Lipinski definition) is 2. The van der Waals surface area contributed by atoms with E-state index in [1.807, 2.05) is 12.1 Å². The van der Waals surface area contributed by atoms with Gasteiger partial charge in [-0.3, -0.25) is 4.90 Å². The van der Waals surface area contributed by atoms with Gasteiger partial charge in [0.15, 0.2) is 0 Å². The lowest BCUT2D eigenvalue weighted by Gasteiger charge is -2.30. The number of anilines is 1. The van der Waals surface area contributed by atoms with E-state index in [-0.39, 0.29) is 0 Å². The van der Waals surface area contributed by atoms with E-state index >= 15 is 0 Å². The van der Waals surface area contributed by atoms with Crippen molar-refractivity contribution in [2.24, 2.45) is 5.73 Å². The zero-order chi connectivity index (χ0) is 15.3. The number of hydrogen-bond acceptors (Lipinski definition) is 3. The van der Waals surface area contributed by atoms with Crippen molar-refractivity contribution < 1.29 is 0 Å². The van der Waals surface area contributed by atoms with Crippen molar-refractivity contribution in [2.75, 3.05) is 18.4 Å². The fraction of sp³-hybridized carbons (Fsp3) is 0.533. The fourth-order valence-electron chi connectivity index (χ4n) is 2.24. The van der Waals surface area contributed by atoms with E-state index < -0.39 is 0 Å². The van der Waals surface area contributed by atoms with Gasteiger partial charge in [0.25, 0.3) is 0 Å². The summed E-state index contributed by atoms with van der Waals surface area (Å²) in [7, 11) is 0. The molecule has 0 bridgehead atoms. The number of benzene rings is 1. The van der Waals surface area contributed by atoms with Crippen LogP contribution in [-0.2, 0) is 0 Å². The normalized spacial score (nSPS) is 11.4. The first-order chi connectivity index (χ1) is 9.32. The first kappa shape index (κ1) is 17.2. The predicted molar refractivity (Wildman–Crippen MR) is 92.8 cm³/mol. The smallest absolute Gasteiger partial charge is 0.104 e. The first-order valence-electron chi connectivity index (χ1n) is 6.92. The molecule has 1 aromatic carbocycles. The summed E-state index contributed by atoms with van der Waals surface area (Å²) in [5.74, 6) is 0. The zero-order valence-electron chi connectivity index (χ0n) is 12.6. The van der Waals surface area contributed by atoms with Crippen LogP contribution in [0.25, 0.3) is 0 Å². The lowest BCUT2D eigenvalue weighted by atomic mass is 10.2. The van der Waals surface area contributed by atoms with Crippen LogP contribution in [0.1, 0.15) is 33.3 Å². The first-order valence-corrected chi connectivity index (χ1v) is 7.70. The standard InChI is InChI=1S/C15H24ClN3S/c1-10(2)19(11(3)4)8-7-18-14-6-5-12(15(17)20)9-13(14)16/h5-6,9-11,18H,7-8H2,1-4H3,(H2,17,20). The van der Waals surface area contributed by atoms with Crippen molar-refractivity contribution in [1.82, 2.24) is 4.90 Å². The molecule has 1 aromatic rings. The van der Waals surface area contributed by atoms with Crippen LogP contribution in [0, 0.1) is 0 Å². The Kier molecular flexibility index (Phi) is 6.72. The van der Waals surface area contributed by atoms with Gasteiger partial charge in [-0.25, -0.2) is 0 Å². The molecule has 0 spiro atoms. The van der Waals surface area contributed by atoms with Gasteiger partial charge in [0.1, 0.15) is 4.99 Å². The average molecular weight is 314 g/mol. The van der Waals surface area contributed by atoms with Gasteiger partial charge >= 0.3 is 0 Å². The molecule has 112 valence electrons. The van der Waals surface area contributed by atoms with Gasteiger partial charge in [-0.2, -0.15) is 0 Å². The van der Waals surface area contributed by atoms with Crippen molar-refractivity contribution in [3.05, 3.63) is 28.8 Å². The summed E-state index contributed by atoms with van der Waals surface area (Å²) in [4.78, 5) is 2.80. The van der Waals surface area contributed by atoms with Gasteiger partial charge in [-0.05, 0) is 45.9 Å². The molecule has 0 heterocycles. The van der Waals surface area contributed by atoms with Gasteiger partial charge in [0.2, 0.25) is 0 Å². The monoisotopic (exact) mass is 313 g/mol. The summed E-state index contributed by atoms with van der Waals surface area (Å²) in [5, 5.41) is 4.01. The van der Waals surface area contributed by atoms with E-state index in [9.17, 15) is 0 Å². The minimum absolute atomic E-state index is 0.365. The summed E-state index contributed by atoms with van der Waals surface area (Å²) in [5.41, 5.74) is 7.29. The van der Waals surface area contributed by atoms with Crippen LogP contribution in [0.5, 0.6) is 0 Å². The fourth-order valence-corrected chi connectivity index (χ4v) is 2.62. The van der Waals surface area contributed by atoms with E-state index in [2.05, 4.69) is 37.9 Å². The third kappa shape index (κ3) is 4.93. The Bertz CT molecular complexity index is 452. The Labute approximate surface area is 132 Å². The highest BCUT2D eigenvalue weighted by Gasteiger charge is 2.12. The van der Waals surface area contributed by atoms with Gasteiger partial charge < -0.3 is 11.1 Å². The number of thiocarbonyl (C=S) groups is 1. The van der Waals surface area contributed by atoms with Crippen molar-refractivity contribution in [1.29, 1.82) is 0 Å². The van der Waals surface area contributed by atoms with Crippen LogP contribution in [0.2, 0.25) is 5.02 Å². The molecular formula is C15H24ClN3S. The number of rotatable bonds is 7. The van der Waals surface area contributed by atoms with E-state index in [1.54, 1.807) is 6.07 Å². The van der Waals surface area contributed by atoms with E-state index in [4.69, 9.17) is 29.6 Å². The molecular weight excluding hydrogens is 290 g/mol. The topological polar surface area (TPSA) is 41.3 Å². The summed E-state index contributed by atoms with van der Waals surface area (Å²) in [6.07, 6.45) is 0. The maximum absolute atomic E-state index is 6.22. The van der Waals surface area contributed by atoms with Crippen LogP contribution in [0.4, 0.5) is 5.69 Å². The summed E-state index contributed by atoms with van der Waals surface area (Å²) >= 11 is 11.2. The largest absolute Gasteiger partial charge is 0.389 e. The molecule has 0 saturated carbocycles. The van der Waals surface area contributed by atoms with Crippen LogP contribution in [0.3, 0.4) is 0 Å². The minimum Gasteiger partial charge on any atom is -0.389 e. The third-order valence-electron chi connectivity index (χ3n) is 3.27. The Balaban J connectivity index is 2.60. The van der Waals surface area contributed by atoms with Crippen LogP contribution < -0.4 is 11.1 Å². The number of halogens is 1. The summed E-state index contributed by atoms with van der Waals surface area (Å²) in [6.45, 7) is 10.7. The molecule has 0 saturated heterocycles. The second-order valence-electron chi connectivity index (χ2n) is 5.41. The van der Waals surface area contributed by atoms with Crippen LogP contribution in [-0.4, -0.2) is 35.1 Å². The SMILES string of the molecule is CC(C)N(CCNc1ccc(C(N)=S)cc1Cl)C(C)C. The highest BCUT2D eigenvalue weighted by Crippen LogP contribution is 2.23. The van der Waals surface area contributed by atoms with Crippen LogP contribution in [0.15, 0.2) is 18.2 Å². The van der Waals surface area contributed by atoms with Gasteiger partial charge in [0, 0.05) is 30.7 Å². The quantitative estimate of drug-likeness (QED) is 0.756. The Hall–Kier alpha value is -0.840. The van der Waals surface area contributed by atoms with Crippen LogP contribution >= 0.6 is 23.8 Å². The van der Waals surface area contributed by atoms with E-state index in [1.165, 1.54) is 0 Å². The zero-order valence-corrected chi connectivity index (χ0v) is 14.2. The highest BCUT2D eigenvalue weighted by atomic mass is 35.5. The number of nitrogens with zero attached hydrogens (tertiary/aromatic N) is 1. The molecule has 0 aliphatic heterocycles. The van der Waals surface area contributed by atoms with Crippen molar-refractivity contribution in [3.8, 4) is 0 Å². The Morgan fingerprint density at radius 3 is 2.35 bits per heavy atom. The van der Waals surface area contributed by atoms with Crippen molar-refractivity contribution >= 4 is 34.5 Å². The molecule has 0 aromatic heterocycles. The third-order valence-corrected chi connectivity index (χ3v) is 3.81. The molecule has 0 atom stereocenters. The molecule has 1 rings (SSSR count). The maximum atomic E-state index is 6.22. The second kappa shape index (κ2) is 7.81. The van der Waals surface area contributed by atoms with E-state index in [0.717, 1.165) is 24.3 Å². The van der Waals surface area contributed by atoms with Gasteiger partial charge in [0.05, 0.1) is 10.7 Å². The second-order valence-corrected chi connectivity index (χ2v) is 6.26. The number of nitrogens with two attached hydrogens (primary N) is 1. The molecule has 20 heavy (non-hydrogen) atoms. The van der Waals surface area contributed by atoms with Crippen molar-refractivity contribution in [3.63, 3.8) is 0 Å². The molecule has 0 aliphatic rings. The summed E-state index contributed by atoms with van der Waals surface area (Å²) < 4.78 is 0. The Morgan fingerprint density at radius 1 is 1.30 bits per heavy atom. The van der Waals surface area contributed by atoms with Gasteiger partial charge in [-0.15, -0.1) is 0 Å². The number of nitrogens with one attached hydrogen (secondary N) is 1. The lowest BCUT2D eigenvalue weighted by Crippen LogP contribution is -2.40. The Morgan fingerprint density at radius 2 is 1.90 bits per heavy atom. The minimum atomic E-state index is 0.365. The van der Waals surface area contributed by atoms with Crippen molar-refractivity contribution in [2.45, 2.75) is 39.8 Å². The molecule has 0 amide bonds. The molecule has 0 aliphatic carbocycles. The summed E-state index contributed by atoms with van der Waals surface area (Å²) in [6, 6.07) is 6.67. The molecule has 0 unspecified atom stereocenters. The average Bonchev–Trinajstić information content (AvgIpc) is 2.34. The van der Waals surface area contributed by atoms with Gasteiger partial charge in [-0.1, -0.05) is 23.8 Å². The molecule has 3 N–H and O–H groups in total. The molecule has 0 radical (unpaired) electrons.